The molecule has 2 N–H and O–H groups in total. The molecular formula is C13H14ClN3O. The Morgan fingerprint density at radius 3 is 2.94 bits per heavy atom. The van der Waals surface area contributed by atoms with Crippen LogP contribution in [0.4, 0.5) is 5.69 Å². The predicted octanol–water partition coefficient (Wildman–Crippen LogP) is 2.03. The molecule has 0 unspecified atom stereocenters. The minimum atomic E-state index is 0.119. The van der Waals surface area contributed by atoms with Gasteiger partial charge in [0, 0.05) is 23.7 Å². The zero-order valence-corrected chi connectivity index (χ0v) is 10.7. The number of hydrogen-bond donors (Lipinski definition) is 1. The zero-order chi connectivity index (χ0) is 12.7. The molecule has 1 fully saturated rings. The fourth-order valence-corrected chi connectivity index (χ4v) is 2.37. The number of amides is 1. The van der Waals surface area contributed by atoms with Gasteiger partial charge < -0.3 is 10.6 Å². The molecule has 0 aromatic heterocycles. The first-order valence-electron chi connectivity index (χ1n) is 6.02. The van der Waals surface area contributed by atoms with Gasteiger partial charge in [0.2, 0.25) is 0 Å². The molecule has 1 heterocycles. The fraction of sp³-hybridized carbons (Fsp3) is 0.385. The second-order valence-electron chi connectivity index (χ2n) is 4.70. The van der Waals surface area contributed by atoms with Crippen molar-refractivity contribution in [2.24, 2.45) is 10.7 Å². The van der Waals surface area contributed by atoms with Crippen LogP contribution >= 0.6 is 11.6 Å². The van der Waals surface area contributed by atoms with Gasteiger partial charge in [-0.2, -0.15) is 0 Å². The lowest BCUT2D eigenvalue weighted by Gasteiger charge is -2.13. The Morgan fingerprint density at radius 2 is 2.28 bits per heavy atom. The fourth-order valence-electron chi connectivity index (χ4n) is 2.31. The Bertz CT molecular complexity index is 537. The summed E-state index contributed by atoms with van der Waals surface area (Å²) in [4.78, 5) is 18.4. The van der Waals surface area contributed by atoms with Gasteiger partial charge in [0.25, 0.3) is 5.91 Å². The van der Waals surface area contributed by atoms with Crippen molar-refractivity contribution in [3.05, 3.63) is 29.3 Å². The number of nitrogens with zero attached hydrogens (tertiary/aromatic N) is 2. The Kier molecular flexibility index (Phi) is 2.74. The van der Waals surface area contributed by atoms with E-state index >= 15 is 0 Å². The molecule has 3 rings (SSSR count). The van der Waals surface area contributed by atoms with Crippen LogP contribution in [0.5, 0.6) is 0 Å². The lowest BCUT2D eigenvalue weighted by Crippen LogP contribution is -2.25. The molecule has 1 aromatic rings. The molecule has 0 bridgehead atoms. The highest BCUT2D eigenvalue weighted by atomic mass is 35.5. The predicted molar refractivity (Wildman–Crippen MR) is 71.3 cm³/mol. The van der Waals surface area contributed by atoms with Crippen molar-refractivity contribution in [2.75, 3.05) is 5.88 Å². The summed E-state index contributed by atoms with van der Waals surface area (Å²) in [6, 6.07) is 6.00. The SMILES string of the molecule is NC(CCl)=Nc1cccc2c1CN(C1CC1)C2=O. The maximum atomic E-state index is 12.2. The van der Waals surface area contributed by atoms with Gasteiger partial charge in [-0.05, 0) is 25.0 Å². The summed E-state index contributed by atoms with van der Waals surface area (Å²) >= 11 is 5.64. The Morgan fingerprint density at radius 1 is 1.50 bits per heavy atom. The van der Waals surface area contributed by atoms with Gasteiger partial charge in [-0.1, -0.05) is 6.07 Å². The van der Waals surface area contributed by atoms with Crippen LogP contribution in [0.1, 0.15) is 28.8 Å². The summed E-state index contributed by atoms with van der Waals surface area (Å²) in [5.41, 5.74) is 8.16. The molecular weight excluding hydrogens is 250 g/mol. The number of carbonyl (C=O) groups excluding carboxylic acids is 1. The van der Waals surface area contributed by atoms with Gasteiger partial charge in [-0.25, -0.2) is 4.99 Å². The van der Waals surface area contributed by atoms with Crippen molar-refractivity contribution >= 4 is 29.0 Å². The number of hydrogen-bond acceptors (Lipinski definition) is 2. The molecule has 0 radical (unpaired) electrons. The normalized spacial score (nSPS) is 19.3. The smallest absolute Gasteiger partial charge is 0.254 e. The Labute approximate surface area is 110 Å². The minimum absolute atomic E-state index is 0.119. The van der Waals surface area contributed by atoms with Crippen molar-refractivity contribution < 1.29 is 4.79 Å². The molecule has 5 heteroatoms. The molecule has 0 spiro atoms. The van der Waals surface area contributed by atoms with E-state index in [-0.39, 0.29) is 11.8 Å². The average molecular weight is 264 g/mol. The van der Waals surface area contributed by atoms with Crippen molar-refractivity contribution in [3.63, 3.8) is 0 Å². The molecule has 18 heavy (non-hydrogen) atoms. The monoisotopic (exact) mass is 263 g/mol. The molecule has 1 amide bonds. The number of nitrogens with two attached hydrogens (primary N) is 1. The highest BCUT2D eigenvalue weighted by Crippen LogP contribution is 2.37. The molecule has 1 aromatic carbocycles. The quantitative estimate of drug-likeness (QED) is 0.515. The molecule has 0 saturated heterocycles. The first kappa shape index (κ1) is 11.5. The second-order valence-corrected chi connectivity index (χ2v) is 4.97. The summed E-state index contributed by atoms with van der Waals surface area (Å²) in [5.74, 6) is 0.695. The number of aliphatic imine (C=N–C) groups is 1. The van der Waals surface area contributed by atoms with Gasteiger partial charge in [-0.3, -0.25) is 4.79 Å². The topological polar surface area (TPSA) is 58.7 Å². The molecule has 2 aliphatic rings. The first-order chi connectivity index (χ1) is 8.70. The van der Waals surface area contributed by atoms with Crippen LogP contribution in [0.25, 0.3) is 0 Å². The zero-order valence-electron chi connectivity index (χ0n) is 9.90. The summed E-state index contributed by atoms with van der Waals surface area (Å²) < 4.78 is 0. The third kappa shape index (κ3) is 1.86. The first-order valence-corrected chi connectivity index (χ1v) is 6.56. The largest absolute Gasteiger partial charge is 0.386 e. The van der Waals surface area contributed by atoms with E-state index in [9.17, 15) is 4.79 Å². The molecule has 1 saturated carbocycles. The summed E-state index contributed by atoms with van der Waals surface area (Å²) in [5, 5.41) is 0. The molecule has 1 aliphatic heterocycles. The summed E-state index contributed by atoms with van der Waals surface area (Å²) in [7, 11) is 0. The van der Waals surface area contributed by atoms with Gasteiger partial charge >= 0.3 is 0 Å². The van der Waals surface area contributed by atoms with Crippen molar-refractivity contribution in [2.45, 2.75) is 25.4 Å². The lowest BCUT2D eigenvalue weighted by atomic mass is 10.1. The van der Waals surface area contributed by atoms with Crippen LogP contribution in [0.2, 0.25) is 0 Å². The highest BCUT2D eigenvalue weighted by molar-refractivity contribution is 6.28. The molecule has 1 aliphatic carbocycles. The van der Waals surface area contributed by atoms with Crippen molar-refractivity contribution in [1.29, 1.82) is 0 Å². The van der Waals surface area contributed by atoms with Gasteiger partial charge in [0.05, 0.1) is 11.6 Å². The minimum Gasteiger partial charge on any atom is -0.386 e. The van der Waals surface area contributed by atoms with Crippen LogP contribution in [-0.4, -0.2) is 28.6 Å². The maximum Gasteiger partial charge on any atom is 0.254 e. The lowest BCUT2D eigenvalue weighted by molar-refractivity contribution is 0.0767. The van der Waals surface area contributed by atoms with Crippen LogP contribution < -0.4 is 5.73 Å². The van der Waals surface area contributed by atoms with Crippen LogP contribution in [0.3, 0.4) is 0 Å². The van der Waals surface area contributed by atoms with Gasteiger partial charge in [0.15, 0.2) is 0 Å². The third-order valence-corrected chi connectivity index (χ3v) is 3.63. The number of carbonyl (C=O) groups is 1. The summed E-state index contributed by atoms with van der Waals surface area (Å²) in [6.45, 7) is 0.647. The summed E-state index contributed by atoms with van der Waals surface area (Å²) in [6.07, 6.45) is 2.23. The molecule has 0 atom stereocenters. The molecule has 94 valence electrons. The number of rotatable bonds is 3. The van der Waals surface area contributed by atoms with Crippen molar-refractivity contribution in [1.82, 2.24) is 4.90 Å². The number of benzene rings is 1. The highest BCUT2D eigenvalue weighted by Gasteiger charge is 2.38. The second kappa shape index (κ2) is 4.28. The van der Waals surface area contributed by atoms with Crippen LogP contribution in [0, 0.1) is 0 Å². The van der Waals surface area contributed by atoms with E-state index < -0.39 is 0 Å². The number of fused-ring (bicyclic) bond motifs is 1. The van der Waals surface area contributed by atoms with E-state index in [2.05, 4.69) is 4.99 Å². The maximum absolute atomic E-state index is 12.2. The Hall–Kier alpha value is -1.55. The van der Waals surface area contributed by atoms with Gasteiger partial charge in [0.1, 0.15) is 5.84 Å². The van der Waals surface area contributed by atoms with E-state index in [1.54, 1.807) is 0 Å². The Balaban J connectivity index is 1.99. The number of alkyl halides is 1. The van der Waals surface area contributed by atoms with E-state index in [1.165, 1.54) is 0 Å². The third-order valence-electron chi connectivity index (χ3n) is 3.36. The van der Waals surface area contributed by atoms with E-state index in [0.29, 0.717) is 18.4 Å². The van der Waals surface area contributed by atoms with E-state index in [0.717, 1.165) is 29.7 Å². The van der Waals surface area contributed by atoms with E-state index in [4.69, 9.17) is 17.3 Å². The standard InChI is InChI=1S/C13H14ClN3O/c14-6-12(15)16-11-3-1-2-9-10(11)7-17(13(9)18)8-4-5-8/h1-3,8H,4-7H2,(H2,15,16). The van der Waals surface area contributed by atoms with E-state index in [1.807, 2.05) is 23.1 Å². The van der Waals surface area contributed by atoms with Crippen LogP contribution in [-0.2, 0) is 6.54 Å². The average Bonchev–Trinajstić information content (AvgIpc) is 3.16. The number of amidine groups is 1. The number of halogens is 1. The van der Waals surface area contributed by atoms with Crippen LogP contribution in [0.15, 0.2) is 23.2 Å². The van der Waals surface area contributed by atoms with Gasteiger partial charge in [-0.15, -0.1) is 11.6 Å². The van der Waals surface area contributed by atoms with Crippen molar-refractivity contribution in [3.8, 4) is 0 Å². The molecule has 4 nitrogen and oxygen atoms in total.